The van der Waals surface area contributed by atoms with Crippen molar-refractivity contribution in [2.24, 2.45) is 10.7 Å². The van der Waals surface area contributed by atoms with Crippen molar-refractivity contribution in [2.45, 2.75) is 18.1 Å². The third kappa shape index (κ3) is 3.84. The number of nitrogens with zero attached hydrogens (tertiary/aromatic N) is 2. The Morgan fingerprint density at radius 3 is 2.80 bits per heavy atom. The fraction of sp³-hybridized carbons (Fsp3) is 0.190. The highest BCUT2D eigenvalue weighted by Gasteiger charge is 2.35. The lowest BCUT2D eigenvalue weighted by Gasteiger charge is -2.08. The molecule has 0 atom stereocenters. The first-order valence-corrected chi connectivity index (χ1v) is 11.0. The number of aromatic nitrogens is 2. The van der Waals surface area contributed by atoms with Gasteiger partial charge in [-0.2, -0.15) is 0 Å². The van der Waals surface area contributed by atoms with E-state index in [4.69, 9.17) is 5.73 Å². The second-order valence-electron chi connectivity index (χ2n) is 7.09. The third-order valence-corrected chi connectivity index (χ3v) is 6.77. The Labute approximate surface area is 174 Å². The number of H-pyrrole nitrogens is 1. The van der Waals surface area contributed by atoms with Gasteiger partial charge >= 0.3 is 0 Å². The Kier molecular flexibility index (Phi) is 5.13. The van der Waals surface area contributed by atoms with Gasteiger partial charge in [0, 0.05) is 65.2 Å². The topological polar surface area (TPSA) is 130 Å². The van der Waals surface area contributed by atoms with Crippen LogP contribution in [-0.4, -0.2) is 42.7 Å². The van der Waals surface area contributed by atoms with E-state index in [2.05, 4.69) is 19.7 Å². The van der Waals surface area contributed by atoms with Crippen LogP contribution in [0.25, 0.3) is 16.6 Å². The largest absolute Gasteiger partial charge is 0.404 e. The molecule has 2 aromatic heterocycles. The molecule has 3 aromatic rings. The number of aromatic amines is 1. The Morgan fingerprint density at radius 2 is 2.10 bits per heavy atom. The number of hydrogen-bond donors (Lipinski definition) is 3. The summed E-state index contributed by atoms with van der Waals surface area (Å²) in [4.78, 5) is 24.5. The second-order valence-corrected chi connectivity index (χ2v) is 9.05. The summed E-state index contributed by atoms with van der Waals surface area (Å²) >= 11 is 0. The number of sulfonamides is 1. The molecule has 0 amide bonds. The van der Waals surface area contributed by atoms with Gasteiger partial charge in [0.15, 0.2) is 5.78 Å². The first-order chi connectivity index (χ1) is 14.4. The Morgan fingerprint density at radius 1 is 1.30 bits per heavy atom. The highest BCUT2D eigenvalue weighted by Crippen LogP contribution is 2.30. The number of fused-ring (bicyclic) bond motifs is 1. The van der Waals surface area contributed by atoms with Gasteiger partial charge in [0.25, 0.3) is 0 Å². The molecule has 0 unspecified atom stereocenters. The van der Waals surface area contributed by atoms with E-state index in [-0.39, 0.29) is 11.0 Å². The van der Waals surface area contributed by atoms with E-state index in [1.807, 2.05) is 6.07 Å². The fourth-order valence-electron chi connectivity index (χ4n) is 3.21. The summed E-state index contributed by atoms with van der Waals surface area (Å²) in [5.74, 6) is -0.241. The number of pyridine rings is 1. The molecule has 0 saturated heterocycles. The molecule has 9 heteroatoms. The smallest absolute Gasteiger partial charge is 0.235 e. The van der Waals surface area contributed by atoms with Crippen LogP contribution in [0.15, 0.2) is 53.9 Å². The number of aliphatic imine (C=N–C) groups is 1. The maximum atomic E-state index is 13.2. The summed E-state index contributed by atoms with van der Waals surface area (Å²) in [5.41, 5.74) is 8.85. The number of anilines is 1. The lowest BCUT2D eigenvalue weighted by atomic mass is 10.0. The molecular formula is C21H21N5O3S. The molecule has 4 N–H and O–H groups in total. The molecule has 0 radical (unpaired) electrons. The first kappa shape index (κ1) is 19.8. The van der Waals surface area contributed by atoms with Crippen molar-refractivity contribution in [2.75, 3.05) is 11.8 Å². The van der Waals surface area contributed by atoms with Gasteiger partial charge < -0.3 is 10.7 Å². The number of allylic oxidation sites excluding steroid dienone is 1. The van der Waals surface area contributed by atoms with Crippen LogP contribution in [0.4, 0.5) is 5.69 Å². The molecule has 8 nitrogen and oxygen atoms in total. The van der Waals surface area contributed by atoms with E-state index in [0.29, 0.717) is 46.3 Å². The molecule has 154 valence electrons. The molecular weight excluding hydrogens is 402 g/mol. The van der Waals surface area contributed by atoms with E-state index in [9.17, 15) is 13.2 Å². The van der Waals surface area contributed by atoms with Crippen molar-refractivity contribution >= 4 is 44.3 Å². The van der Waals surface area contributed by atoms with Crippen molar-refractivity contribution in [3.63, 3.8) is 0 Å². The van der Waals surface area contributed by atoms with Gasteiger partial charge in [0.1, 0.15) is 5.65 Å². The molecule has 1 saturated carbocycles. The van der Waals surface area contributed by atoms with E-state index in [1.54, 1.807) is 49.9 Å². The van der Waals surface area contributed by atoms with Crippen LogP contribution < -0.4 is 10.5 Å². The van der Waals surface area contributed by atoms with Crippen LogP contribution in [0.3, 0.4) is 0 Å². The lowest BCUT2D eigenvalue weighted by Crippen LogP contribution is -2.17. The zero-order valence-electron chi connectivity index (χ0n) is 16.3. The SMILES string of the molecule is CN=CC(=CN)c1cnc2[nH]cc(C(=O)c3cccc(NS(=O)(=O)C4CC4)c3)c2c1. The number of carbonyl (C=O) groups excluding carboxylic acids is 1. The molecule has 1 aromatic carbocycles. The van der Waals surface area contributed by atoms with Gasteiger partial charge in [-0.1, -0.05) is 12.1 Å². The summed E-state index contributed by atoms with van der Waals surface area (Å²) in [7, 11) is -1.76. The predicted molar refractivity (Wildman–Crippen MR) is 118 cm³/mol. The molecule has 30 heavy (non-hydrogen) atoms. The molecule has 2 heterocycles. The number of hydrogen-bond acceptors (Lipinski definition) is 6. The van der Waals surface area contributed by atoms with Crippen LogP contribution in [0.1, 0.15) is 34.3 Å². The van der Waals surface area contributed by atoms with Gasteiger partial charge in [0.2, 0.25) is 10.0 Å². The molecule has 1 aliphatic carbocycles. The minimum absolute atomic E-state index is 0.241. The summed E-state index contributed by atoms with van der Waals surface area (Å²) in [6.07, 6.45) is 7.64. The third-order valence-electron chi connectivity index (χ3n) is 4.90. The summed E-state index contributed by atoms with van der Waals surface area (Å²) in [5, 5.41) is 0.303. The van der Waals surface area contributed by atoms with Crippen molar-refractivity contribution in [3.05, 3.63) is 65.6 Å². The number of nitrogens with two attached hydrogens (primary N) is 1. The van der Waals surface area contributed by atoms with Gasteiger partial charge in [-0.25, -0.2) is 13.4 Å². The number of rotatable bonds is 7. The number of nitrogens with one attached hydrogen (secondary N) is 2. The monoisotopic (exact) mass is 423 g/mol. The number of benzene rings is 1. The fourth-order valence-corrected chi connectivity index (χ4v) is 4.59. The van der Waals surface area contributed by atoms with Crippen LogP contribution in [-0.2, 0) is 10.0 Å². The summed E-state index contributed by atoms with van der Waals surface area (Å²) < 4.78 is 27.0. The van der Waals surface area contributed by atoms with Crippen molar-refractivity contribution < 1.29 is 13.2 Å². The van der Waals surface area contributed by atoms with Crippen LogP contribution in [0, 0.1) is 0 Å². The standard InChI is InChI=1S/C21H21N5O3S/c1-23-10-15(9-22)14-8-18-19(12-25-21(18)24-11-14)20(27)13-3-2-4-16(7-13)26-30(28,29)17-5-6-17/h2-4,7-12,17,26H,5-6,22H2,1H3,(H,24,25). The Bertz CT molecular complexity index is 1290. The maximum absolute atomic E-state index is 13.2. The van der Waals surface area contributed by atoms with Gasteiger partial charge in [-0.15, -0.1) is 0 Å². The normalized spacial score (nSPS) is 15.0. The van der Waals surface area contributed by atoms with Gasteiger partial charge in [-0.3, -0.25) is 14.5 Å². The van der Waals surface area contributed by atoms with Crippen molar-refractivity contribution in [3.8, 4) is 0 Å². The molecule has 0 bridgehead atoms. The van der Waals surface area contributed by atoms with Crippen molar-refractivity contribution in [1.29, 1.82) is 0 Å². The van der Waals surface area contributed by atoms with Crippen molar-refractivity contribution in [1.82, 2.24) is 9.97 Å². The maximum Gasteiger partial charge on any atom is 0.235 e. The average Bonchev–Trinajstić information content (AvgIpc) is 3.52. The zero-order chi connectivity index (χ0) is 21.3. The number of ketones is 1. The quantitative estimate of drug-likeness (QED) is 0.397. The Balaban J connectivity index is 1.69. The Hall–Kier alpha value is -3.46. The van der Waals surface area contributed by atoms with Crippen LogP contribution in [0.2, 0.25) is 0 Å². The zero-order valence-corrected chi connectivity index (χ0v) is 17.1. The van der Waals surface area contributed by atoms with E-state index in [0.717, 1.165) is 5.56 Å². The molecule has 0 aliphatic heterocycles. The van der Waals surface area contributed by atoms with E-state index < -0.39 is 10.0 Å². The van der Waals surface area contributed by atoms with Gasteiger partial charge in [-0.05, 0) is 31.0 Å². The minimum Gasteiger partial charge on any atom is -0.404 e. The second kappa shape index (κ2) is 7.75. The van der Waals surface area contributed by atoms with E-state index in [1.165, 1.54) is 6.20 Å². The number of carbonyl (C=O) groups is 1. The summed E-state index contributed by atoms with van der Waals surface area (Å²) in [6, 6.07) is 8.32. The highest BCUT2D eigenvalue weighted by atomic mass is 32.2. The molecule has 0 spiro atoms. The lowest BCUT2D eigenvalue weighted by molar-refractivity contribution is 0.104. The molecule has 4 rings (SSSR count). The van der Waals surface area contributed by atoms with Crippen LogP contribution >= 0.6 is 0 Å². The predicted octanol–water partition coefficient (Wildman–Crippen LogP) is 2.70. The minimum atomic E-state index is -3.40. The van der Waals surface area contributed by atoms with Crippen LogP contribution in [0.5, 0.6) is 0 Å². The average molecular weight is 423 g/mol. The van der Waals surface area contributed by atoms with E-state index >= 15 is 0 Å². The molecule has 1 fully saturated rings. The first-order valence-electron chi connectivity index (χ1n) is 9.41. The highest BCUT2D eigenvalue weighted by molar-refractivity contribution is 7.93. The molecule has 1 aliphatic rings. The summed E-state index contributed by atoms with van der Waals surface area (Å²) in [6.45, 7) is 0. The van der Waals surface area contributed by atoms with Gasteiger partial charge in [0.05, 0.1) is 5.25 Å².